The summed E-state index contributed by atoms with van der Waals surface area (Å²) in [6.07, 6.45) is 1.03. The molecule has 0 radical (unpaired) electrons. The minimum absolute atomic E-state index is 0.480. The molecule has 2 aromatic carbocycles. The zero-order valence-electron chi connectivity index (χ0n) is 21.2. The van der Waals surface area contributed by atoms with Crippen molar-refractivity contribution in [2.24, 2.45) is 0 Å². The maximum absolute atomic E-state index is 12.1. The molecule has 2 rings (SSSR count). The number of ether oxygens (including phenoxy) is 2. The zero-order valence-corrected chi connectivity index (χ0v) is 21.2. The van der Waals surface area contributed by atoms with E-state index in [4.69, 9.17) is 9.47 Å². The molecule has 4 N–H and O–H groups in total. The predicted octanol–water partition coefficient (Wildman–Crippen LogP) is 5.51. The lowest BCUT2D eigenvalue weighted by atomic mass is 10.2. The summed E-state index contributed by atoms with van der Waals surface area (Å²) in [6, 6.07) is 12.8. The maximum Gasteiger partial charge on any atom is 0.412 e. The van der Waals surface area contributed by atoms with Gasteiger partial charge in [-0.15, -0.1) is 0 Å². The van der Waals surface area contributed by atoms with E-state index < -0.39 is 35.2 Å². The number of carbonyl (C=O) groups excluding carboxylic acids is 4. The molecule has 0 fully saturated rings. The zero-order chi connectivity index (χ0) is 26.9. The van der Waals surface area contributed by atoms with Gasteiger partial charge in [0.15, 0.2) is 0 Å². The summed E-state index contributed by atoms with van der Waals surface area (Å²) in [5, 5.41) is 10.4. The number of amides is 4. The molecule has 0 saturated heterocycles. The highest BCUT2D eigenvalue weighted by molar-refractivity contribution is 6.07. The third-order valence-corrected chi connectivity index (χ3v) is 3.98. The van der Waals surface area contributed by atoms with Crippen LogP contribution < -0.4 is 21.3 Å². The molecular formula is C26H32N4O6. The molecule has 0 heterocycles. The van der Waals surface area contributed by atoms with Crippen LogP contribution in [0.4, 0.5) is 32.3 Å². The molecular weight excluding hydrogens is 464 g/mol. The first-order valence-corrected chi connectivity index (χ1v) is 11.2. The molecule has 0 aliphatic rings. The highest BCUT2D eigenvalue weighted by atomic mass is 16.6. The molecule has 2 aromatic rings. The molecule has 0 bridgehead atoms. The Kier molecular flexibility index (Phi) is 9.20. The minimum Gasteiger partial charge on any atom is -0.444 e. The summed E-state index contributed by atoms with van der Waals surface area (Å²) in [5.41, 5.74) is 0.743. The highest BCUT2D eigenvalue weighted by Crippen LogP contribution is 2.17. The van der Waals surface area contributed by atoms with Crippen LogP contribution in [-0.4, -0.2) is 35.2 Å². The summed E-state index contributed by atoms with van der Waals surface area (Å²) in [4.78, 5) is 47.8. The molecule has 10 heteroatoms. The van der Waals surface area contributed by atoms with E-state index >= 15 is 0 Å². The van der Waals surface area contributed by atoms with E-state index in [0.717, 1.165) is 12.2 Å². The fraction of sp³-hybridized carbons (Fsp3) is 0.308. The Balaban J connectivity index is 1.81. The number of hydrogen-bond acceptors (Lipinski definition) is 6. The van der Waals surface area contributed by atoms with E-state index in [9.17, 15) is 19.2 Å². The Morgan fingerprint density at radius 3 is 1.03 bits per heavy atom. The van der Waals surface area contributed by atoms with E-state index in [1.165, 1.54) is 0 Å². The SMILES string of the molecule is CC(C)(C)OC(=O)Nc1ccc(NC(=O)/C=C/C(=O)Nc2ccc(NC(=O)OC(C)(C)C)cc2)cc1. The third kappa shape index (κ3) is 11.2. The van der Waals surface area contributed by atoms with Crippen molar-refractivity contribution < 1.29 is 28.7 Å². The van der Waals surface area contributed by atoms with Crippen molar-refractivity contribution in [3.63, 3.8) is 0 Å². The quantitative estimate of drug-likeness (QED) is 0.389. The second kappa shape index (κ2) is 11.9. The monoisotopic (exact) mass is 496 g/mol. The van der Waals surface area contributed by atoms with Gasteiger partial charge in [0.25, 0.3) is 0 Å². The number of nitrogens with one attached hydrogen (secondary N) is 4. The van der Waals surface area contributed by atoms with Crippen molar-refractivity contribution in [3.8, 4) is 0 Å². The van der Waals surface area contributed by atoms with Crippen molar-refractivity contribution in [1.82, 2.24) is 0 Å². The van der Waals surface area contributed by atoms with E-state index in [0.29, 0.717) is 22.7 Å². The largest absolute Gasteiger partial charge is 0.444 e. The van der Waals surface area contributed by atoms with Crippen molar-refractivity contribution in [1.29, 1.82) is 0 Å². The molecule has 0 aliphatic heterocycles. The van der Waals surface area contributed by atoms with Crippen LogP contribution >= 0.6 is 0 Å². The Bertz CT molecular complexity index is 1020. The number of benzene rings is 2. The smallest absolute Gasteiger partial charge is 0.412 e. The van der Waals surface area contributed by atoms with Gasteiger partial charge in [0.1, 0.15) is 11.2 Å². The molecule has 0 unspecified atom stereocenters. The lowest BCUT2D eigenvalue weighted by molar-refractivity contribution is -0.114. The molecule has 36 heavy (non-hydrogen) atoms. The van der Waals surface area contributed by atoms with Crippen molar-refractivity contribution in [3.05, 3.63) is 60.7 Å². The van der Waals surface area contributed by atoms with Gasteiger partial charge >= 0.3 is 12.2 Å². The van der Waals surface area contributed by atoms with Crippen molar-refractivity contribution in [2.75, 3.05) is 21.3 Å². The molecule has 4 amide bonds. The Hall–Kier alpha value is -4.34. The summed E-state index contributed by atoms with van der Waals surface area (Å²) in [6.45, 7) is 10.6. The number of carbonyl (C=O) groups is 4. The van der Waals surface area contributed by atoms with E-state index in [2.05, 4.69) is 21.3 Å². The van der Waals surface area contributed by atoms with E-state index in [1.54, 1.807) is 90.1 Å². The summed E-state index contributed by atoms with van der Waals surface area (Å²) in [5.74, 6) is -1.01. The van der Waals surface area contributed by atoms with Crippen LogP contribution in [0.2, 0.25) is 0 Å². The molecule has 0 aromatic heterocycles. The molecule has 0 aliphatic carbocycles. The van der Waals surface area contributed by atoms with Crippen LogP contribution in [0.25, 0.3) is 0 Å². The van der Waals surface area contributed by atoms with E-state index in [1.807, 2.05) is 0 Å². The van der Waals surface area contributed by atoms with Crippen LogP contribution in [-0.2, 0) is 19.1 Å². The van der Waals surface area contributed by atoms with Gasteiger partial charge < -0.3 is 20.1 Å². The first-order valence-electron chi connectivity index (χ1n) is 11.2. The summed E-state index contributed by atoms with van der Waals surface area (Å²) in [7, 11) is 0. The average Bonchev–Trinajstić information content (AvgIpc) is 2.72. The van der Waals surface area contributed by atoms with Crippen LogP contribution in [0.3, 0.4) is 0 Å². The maximum atomic E-state index is 12.1. The van der Waals surface area contributed by atoms with E-state index in [-0.39, 0.29) is 0 Å². The first-order chi connectivity index (χ1) is 16.7. The van der Waals surface area contributed by atoms with Gasteiger partial charge in [-0.3, -0.25) is 20.2 Å². The lowest BCUT2D eigenvalue weighted by Gasteiger charge is -2.19. The molecule has 0 atom stereocenters. The van der Waals surface area contributed by atoms with Gasteiger partial charge in [0.2, 0.25) is 11.8 Å². The van der Waals surface area contributed by atoms with Gasteiger partial charge in [0, 0.05) is 34.9 Å². The molecule has 0 spiro atoms. The van der Waals surface area contributed by atoms with Gasteiger partial charge in [-0.1, -0.05) is 0 Å². The van der Waals surface area contributed by atoms with Crippen molar-refractivity contribution in [2.45, 2.75) is 52.7 Å². The van der Waals surface area contributed by atoms with Crippen LogP contribution in [0, 0.1) is 0 Å². The fourth-order valence-corrected chi connectivity index (χ4v) is 2.64. The Labute approximate surface area is 210 Å². The second-order valence-corrected chi connectivity index (χ2v) is 9.72. The lowest BCUT2D eigenvalue weighted by Crippen LogP contribution is -2.27. The van der Waals surface area contributed by atoms with Crippen LogP contribution in [0.15, 0.2) is 60.7 Å². The number of rotatable bonds is 6. The highest BCUT2D eigenvalue weighted by Gasteiger charge is 2.17. The van der Waals surface area contributed by atoms with Gasteiger partial charge in [0.05, 0.1) is 0 Å². The van der Waals surface area contributed by atoms with Gasteiger partial charge in [-0.2, -0.15) is 0 Å². The van der Waals surface area contributed by atoms with Crippen molar-refractivity contribution >= 4 is 46.8 Å². The molecule has 0 saturated carbocycles. The first kappa shape index (κ1) is 27.9. The predicted molar refractivity (Wildman–Crippen MR) is 139 cm³/mol. The van der Waals surface area contributed by atoms with Crippen LogP contribution in [0.1, 0.15) is 41.5 Å². The molecule has 10 nitrogen and oxygen atoms in total. The topological polar surface area (TPSA) is 135 Å². The van der Waals surface area contributed by atoms with Gasteiger partial charge in [-0.05, 0) is 90.1 Å². The number of anilines is 4. The molecule has 192 valence electrons. The third-order valence-electron chi connectivity index (χ3n) is 3.98. The van der Waals surface area contributed by atoms with Gasteiger partial charge in [-0.25, -0.2) is 9.59 Å². The summed E-state index contributed by atoms with van der Waals surface area (Å²) < 4.78 is 10.4. The average molecular weight is 497 g/mol. The summed E-state index contributed by atoms with van der Waals surface area (Å²) >= 11 is 0. The second-order valence-electron chi connectivity index (χ2n) is 9.72. The Morgan fingerprint density at radius 1 is 0.528 bits per heavy atom. The minimum atomic E-state index is -0.612. The Morgan fingerprint density at radius 2 is 0.778 bits per heavy atom. The standard InChI is InChI=1S/C26H32N4O6/c1-25(2,3)35-23(33)29-19-11-7-17(8-12-19)27-21(31)15-16-22(32)28-18-9-13-20(14-10-18)30-24(34)36-26(4,5)6/h7-16H,1-6H3,(H,27,31)(H,28,32)(H,29,33)(H,30,34)/b16-15+. The number of hydrogen-bond donors (Lipinski definition) is 4. The normalized spacial score (nSPS) is 11.4. The van der Waals surface area contributed by atoms with Crippen LogP contribution in [0.5, 0.6) is 0 Å². The fourth-order valence-electron chi connectivity index (χ4n) is 2.64.